The quantitative estimate of drug-likeness (QED) is 0.582. The lowest BCUT2D eigenvalue weighted by atomic mass is 10.1. The molecule has 0 saturated carbocycles. The minimum Gasteiger partial charge on any atom is -0.462 e. The molecule has 0 N–H and O–H groups in total. The molecule has 0 atom stereocenters. The van der Waals surface area contributed by atoms with Crippen LogP contribution in [-0.4, -0.2) is 12.6 Å². The van der Waals surface area contributed by atoms with Gasteiger partial charge in [-0.25, -0.2) is 4.79 Å². The fraction of sp³-hybridized carbons (Fsp3) is 0.167. The fourth-order valence-corrected chi connectivity index (χ4v) is 2.01. The summed E-state index contributed by atoms with van der Waals surface area (Å²) in [6, 6.07) is 11.7. The predicted octanol–water partition coefficient (Wildman–Crippen LogP) is 5.05. The summed E-state index contributed by atoms with van der Waals surface area (Å²) in [7, 11) is 0. The summed E-state index contributed by atoms with van der Waals surface area (Å²) in [6.45, 7) is 1.99. The number of benzene rings is 2. The molecular weight excluding hydrogens is 305 g/mol. The van der Waals surface area contributed by atoms with Crippen molar-refractivity contribution in [1.29, 1.82) is 0 Å². The number of carbonyl (C=O) groups is 1. The lowest BCUT2D eigenvalue weighted by Gasteiger charge is -2.06. The molecule has 0 spiro atoms. The van der Waals surface area contributed by atoms with Gasteiger partial charge in [-0.1, -0.05) is 42.5 Å². The van der Waals surface area contributed by atoms with Crippen LogP contribution in [0.25, 0.3) is 12.2 Å². The molecule has 0 saturated heterocycles. The van der Waals surface area contributed by atoms with Crippen molar-refractivity contribution < 1.29 is 22.7 Å². The number of rotatable bonds is 4. The van der Waals surface area contributed by atoms with Crippen LogP contribution in [0.4, 0.5) is 13.2 Å². The van der Waals surface area contributed by atoms with Gasteiger partial charge in [0.25, 0.3) is 0 Å². The van der Waals surface area contributed by atoms with Crippen molar-refractivity contribution in [2.24, 2.45) is 0 Å². The van der Waals surface area contributed by atoms with E-state index in [1.54, 1.807) is 43.3 Å². The Balaban J connectivity index is 2.22. The molecule has 120 valence electrons. The Kier molecular flexibility index (Phi) is 5.21. The van der Waals surface area contributed by atoms with Gasteiger partial charge in [0.05, 0.1) is 17.7 Å². The molecule has 2 rings (SSSR count). The van der Waals surface area contributed by atoms with E-state index in [1.165, 1.54) is 12.1 Å². The predicted molar refractivity (Wildman–Crippen MR) is 82.8 cm³/mol. The average molecular weight is 320 g/mol. The largest absolute Gasteiger partial charge is 0.462 e. The molecule has 0 aliphatic heterocycles. The molecule has 0 unspecified atom stereocenters. The molecule has 0 aliphatic carbocycles. The van der Waals surface area contributed by atoms with Crippen molar-refractivity contribution in [3.63, 3.8) is 0 Å². The standard InChI is InChI=1S/C18H15F3O2/c1-2-23-17(22)16-6-4-3-5-14(16)10-7-13-8-11-15(12-9-13)18(19,20)21/h3-12H,2H2,1H3/b10-7+. The Morgan fingerprint density at radius 1 is 1.04 bits per heavy atom. The molecular formula is C18H15F3O2. The summed E-state index contributed by atoms with van der Waals surface area (Å²) < 4.78 is 42.5. The van der Waals surface area contributed by atoms with Gasteiger partial charge in [-0.2, -0.15) is 13.2 Å². The molecule has 0 radical (unpaired) electrons. The zero-order valence-electron chi connectivity index (χ0n) is 12.4. The molecule has 2 aromatic carbocycles. The third kappa shape index (κ3) is 4.45. The van der Waals surface area contributed by atoms with E-state index in [0.717, 1.165) is 12.1 Å². The highest BCUT2D eigenvalue weighted by Gasteiger charge is 2.29. The number of hydrogen-bond donors (Lipinski definition) is 0. The van der Waals surface area contributed by atoms with Crippen LogP contribution < -0.4 is 0 Å². The summed E-state index contributed by atoms with van der Waals surface area (Å²) in [6.07, 6.45) is -1.02. The lowest BCUT2D eigenvalue weighted by molar-refractivity contribution is -0.137. The van der Waals surface area contributed by atoms with Crippen LogP contribution in [0.15, 0.2) is 48.5 Å². The molecule has 5 heteroatoms. The van der Waals surface area contributed by atoms with Crippen LogP contribution in [0.2, 0.25) is 0 Å². The van der Waals surface area contributed by atoms with Crippen LogP contribution in [-0.2, 0) is 10.9 Å². The van der Waals surface area contributed by atoms with Crippen molar-refractivity contribution in [2.75, 3.05) is 6.61 Å². The van der Waals surface area contributed by atoms with Crippen molar-refractivity contribution in [3.05, 3.63) is 70.8 Å². The minimum atomic E-state index is -4.35. The number of hydrogen-bond acceptors (Lipinski definition) is 2. The first kappa shape index (κ1) is 16.8. The zero-order valence-corrected chi connectivity index (χ0v) is 12.4. The fourth-order valence-electron chi connectivity index (χ4n) is 2.01. The number of ether oxygens (including phenoxy) is 1. The van der Waals surface area contributed by atoms with E-state index in [1.807, 2.05) is 0 Å². The van der Waals surface area contributed by atoms with E-state index in [0.29, 0.717) is 16.7 Å². The van der Waals surface area contributed by atoms with E-state index in [2.05, 4.69) is 0 Å². The van der Waals surface area contributed by atoms with E-state index in [-0.39, 0.29) is 6.61 Å². The van der Waals surface area contributed by atoms with Crippen LogP contribution in [0.3, 0.4) is 0 Å². The molecule has 0 heterocycles. The van der Waals surface area contributed by atoms with Crippen LogP contribution in [0.1, 0.15) is 34.0 Å². The van der Waals surface area contributed by atoms with Crippen molar-refractivity contribution >= 4 is 18.1 Å². The van der Waals surface area contributed by atoms with Gasteiger partial charge in [-0.05, 0) is 36.2 Å². The SMILES string of the molecule is CCOC(=O)c1ccccc1/C=C/c1ccc(C(F)(F)F)cc1. The van der Waals surface area contributed by atoms with Crippen molar-refractivity contribution in [2.45, 2.75) is 13.1 Å². The lowest BCUT2D eigenvalue weighted by Crippen LogP contribution is -2.06. The number of alkyl halides is 3. The van der Waals surface area contributed by atoms with Crippen LogP contribution in [0.5, 0.6) is 0 Å². The monoisotopic (exact) mass is 320 g/mol. The number of carbonyl (C=O) groups excluding carboxylic acids is 1. The summed E-state index contributed by atoms with van der Waals surface area (Å²) in [5, 5.41) is 0. The van der Waals surface area contributed by atoms with Gasteiger partial charge in [-0.15, -0.1) is 0 Å². The Hall–Kier alpha value is -2.56. The van der Waals surface area contributed by atoms with Gasteiger partial charge < -0.3 is 4.74 Å². The topological polar surface area (TPSA) is 26.3 Å². The third-order valence-electron chi connectivity index (χ3n) is 3.15. The molecule has 0 bridgehead atoms. The third-order valence-corrected chi connectivity index (χ3v) is 3.15. The van der Waals surface area contributed by atoms with Gasteiger partial charge in [-0.3, -0.25) is 0 Å². The van der Waals surface area contributed by atoms with Crippen LogP contribution >= 0.6 is 0 Å². The number of esters is 1. The summed E-state index contributed by atoms with van der Waals surface area (Å²) in [5.74, 6) is -0.430. The second-order valence-corrected chi connectivity index (χ2v) is 4.76. The molecule has 2 aromatic rings. The highest BCUT2D eigenvalue weighted by molar-refractivity contribution is 5.94. The van der Waals surface area contributed by atoms with Crippen molar-refractivity contribution in [3.8, 4) is 0 Å². The van der Waals surface area contributed by atoms with Gasteiger partial charge in [0, 0.05) is 0 Å². The van der Waals surface area contributed by atoms with Gasteiger partial charge >= 0.3 is 12.1 Å². The van der Waals surface area contributed by atoms with Crippen LogP contribution in [0, 0.1) is 0 Å². The first-order chi connectivity index (χ1) is 10.9. The normalized spacial score (nSPS) is 11.7. The average Bonchev–Trinajstić information content (AvgIpc) is 2.53. The smallest absolute Gasteiger partial charge is 0.416 e. The maximum Gasteiger partial charge on any atom is 0.416 e. The maximum absolute atomic E-state index is 12.5. The molecule has 0 aromatic heterocycles. The van der Waals surface area contributed by atoms with Gasteiger partial charge in [0.15, 0.2) is 0 Å². The second kappa shape index (κ2) is 7.13. The zero-order chi connectivity index (χ0) is 16.9. The Morgan fingerprint density at radius 2 is 1.70 bits per heavy atom. The molecule has 23 heavy (non-hydrogen) atoms. The van der Waals surface area contributed by atoms with E-state index in [9.17, 15) is 18.0 Å². The summed E-state index contributed by atoms with van der Waals surface area (Å²) in [4.78, 5) is 11.9. The van der Waals surface area contributed by atoms with Gasteiger partial charge in [0.1, 0.15) is 0 Å². The molecule has 0 fully saturated rings. The first-order valence-electron chi connectivity index (χ1n) is 7.03. The van der Waals surface area contributed by atoms with Gasteiger partial charge in [0.2, 0.25) is 0 Å². The van der Waals surface area contributed by atoms with Crippen molar-refractivity contribution in [1.82, 2.24) is 0 Å². The summed E-state index contributed by atoms with van der Waals surface area (Å²) >= 11 is 0. The second-order valence-electron chi connectivity index (χ2n) is 4.76. The minimum absolute atomic E-state index is 0.274. The summed E-state index contributed by atoms with van der Waals surface area (Å²) in [5.41, 5.74) is 0.974. The van der Waals surface area contributed by atoms with E-state index < -0.39 is 17.7 Å². The molecule has 2 nitrogen and oxygen atoms in total. The highest BCUT2D eigenvalue weighted by atomic mass is 19.4. The Labute approximate surface area is 132 Å². The Morgan fingerprint density at radius 3 is 2.30 bits per heavy atom. The van der Waals surface area contributed by atoms with E-state index in [4.69, 9.17) is 4.74 Å². The first-order valence-corrected chi connectivity index (χ1v) is 7.03. The Bertz CT molecular complexity index is 701. The maximum atomic E-state index is 12.5. The molecule has 0 aliphatic rings. The van der Waals surface area contributed by atoms with E-state index >= 15 is 0 Å². The molecule has 0 amide bonds. The number of halogens is 3. The highest BCUT2D eigenvalue weighted by Crippen LogP contribution is 2.29.